The Labute approximate surface area is 169 Å². The van der Waals surface area contributed by atoms with Crippen molar-refractivity contribution in [3.05, 3.63) is 81.6 Å². The Hall–Kier alpha value is -2.72. The quantitative estimate of drug-likeness (QED) is 0.615. The lowest BCUT2D eigenvalue weighted by Gasteiger charge is -2.26. The van der Waals surface area contributed by atoms with Crippen LogP contribution in [0.25, 0.3) is 0 Å². The fraction of sp³-hybridized carbons (Fsp3) is 0.261. The number of halogens is 1. The summed E-state index contributed by atoms with van der Waals surface area (Å²) in [7, 11) is 0. The number of rotatable bonds is 2. The van der Waals surface area contributed by atoms with Crippen molar-refractivity contribution in [3.63, 3.8) is 0 Å². The number of para-hydroxylation sites is 1. The van der Waals surface area contributed by atoms with E-state index in [4.69, 9.17) is 21.6 Å². The van der Waals surface area contributed by atoms with Crippen LogP contribution in [0, 0.1) is 6.92 Å². The van der Waals surface area contributed by atoms with Crippen molar-refractivity contribution in [2.45, 2.75) is 32.1 Å². The number of ketones is 1. The Kier molecular flexibility index (Phi) is 4.17. The Morgan fingerprint density at radius 2 is 1.82 bits per heavy atom. The second-order valence-corrected chi connectivity index (χ2v) is 7.98. The maximum absolute atomic E-state index is 12.9. The lowest BCUT2D eigenvalue weighted by molar-refractivity contribution is 0.0962. The van der Waals surface area contributed by atoms with Gasteiger partial charge < -0.3 is 4.90 Å². The lowest BCUT2D eigenvalue weighted by Crippen LogP contribution is -2.25. The van der Waals surface area contributed by atoms with Crippen LogP contribution in [0.5, 0.6) is 0 Å². The Bertz CT molecular complexity index is 1080. The van der Waals surface area contributed by atoms with Gasteiger partial charge >= 0.3 is 0 Å². The molecule has 1 unspecified atom stereocenters. The van der Waals surface area contributed by atoms with Crippen molar-refractivity contribution >= 4 is 29.0 Å². The van der Waals surface area contributed by atoms with Crippen LogP contribution in [0.2, 0.25) is 5.02 Å². The van der Waals surface area contributed by atoms with Gasteiger partial charge in [-0.25, -0.2) is 9.97 Å². The zero-order valence-electron chi connectivity index (χ0n) is 15.7. The maximum atomic E-state index is 12.9. The summed E-state index contributed by atoms with van der Waals surface area (Å²) < 4.78 is 0. The van der Waals surface area contributed by atoms with E-state index in [0.717, 1.165) is 36.3 Å². The van der Waals surface area contributed by atoms with Crippen molar-refractivity contribution in [1.82, 2.24) is 9.97 Å². The molecule has 2 aliphatic rings. The Morgan fingerprint density at radius 1 is 1.04 bits per heavy atom. The van der Waals surface area contributed by atoms with Crippen molar-refractivity contribution in [3.8, 4) is 0 Å². The van der Waals surface area contributed by atoms with Crippen molar-refractivity contribution in [1.29, 1.82) is 0 Å². The molecule has 0 saturated carbocycles. The zero-order valence-corrected chi connectivity index (χ0v) is 16.4. The smallest absolute Gasteiger partial charge is 0.230 e. The number of carbonyl (C=O) groups excluding carboxylic acids is 1. The second-order valence-electron chi connectivity index (χ2n) is 7.54. The molecule has 0 N–H and O–H groups in total. The van der Waals surface area contributed by atoms with Gasteiger partial charge in [0.1, 0.15) is 0 Å². The molecular weight excluding hydrogens is 370 g/mol. The van der Waals surface area contributed by atoms with Gasteiger partial charge in [-0.2, -0.15) is 0 Å². The SMILES string of the molecule is Cc1nc(N2CCc3ccccc32)nc2c1C(=O)CC(c1ccc(Cl)cc1)C2. The van der Waals surface area contributed by atoms with Gasteiger partial charge in [-0.1, -0.05) is 41.9 Å². The molecule has 3 aromatic rings. The number of hydrogen-bond acceptors (Lipinski definition) is 4. The molecule has 0 fully saturated rings. The van der Waals surface area contributed by atoms with Crippen LogP contribution in [0.15, 0.2) is 48.5 Å². The molecule has 5 heteroatoms. The molecule has 5 rings (SSSR count). The van der Waals surface area contributed by atoms with Crippen LogP contribution in [-0.4, -0.2) is 22.3 Å². The summed E-state index contributed by atoms with van der Waals surface area (Å²) in [5.74, 6) is 0.961. The lowest BCUT2D eigenvalue weighted by atomic mass is 9.81. The van der Waals surface area contributed by atoms with Crippen LogP contribution in [0.3, 0.4) is 0 Å². The van der Waals surface area contributed by atoms with E-state index in [1.165, 1.54) is 11.3 Å². The number of anilines is 2. The second kappa shape index (κ2) is 6.71. The van der Waals surface area contributed by atoms with Gasteiger partial charge in [-0.05, 0) is 55.0 Å². The monoisotopic (exact) mass is 389 g/mol. The van der Waals surface area contributed by atoms with Crippen LogP contribution in [-0.2, 0) is 12.8 Å². The van der Waals surface area contributed by atoms with E-state index in [1.807, 2.05) is 37.3 Å². The minimum absolute atomic E-state index is 0.130. The number of Topliss-reactive ketones (excluding diaryl/α,β-unsaturated/α-hetero) is 1. The first-order valence-electron chi connectivity index (χ1n) is 9.62. The first-order chi connectivity index (χ1) is 13.6. The van der Waals surface area contributed by atoms with Gasteiger partial charge in [0.15, 0.2) is 5.78 Å². The predicted octanol–water partition coefficient (Wildman–Crippen LogP) is 5.05. The third kappa shape index (κ3) is 2.89. The highest BCUT2D eigenvalue weighted by molar-refractivity contribution is 6.30. The summed E-state index contributed by atoms with van der Waals surface area (Å²) in [4.78, 5) is 24.6. The van der Waals surface area contributed by atoms with Crippen molar-refractivity contribution < 1.29 is 4.79 Å². The molecule has 140 valence electrons. The van der Waals surface area contributed by atoms with Crippen LogP contribution in [0.1, 0.15) is 45.2 Å². The summed E-state index contributed by atoms with van der Waals surface area (Å²) in [5, 5.41) is 0.708. The standard InChI is InChI=1S/C23H20ClN3O/c1-14-22-19(12-17(13-21(22)28)15-6-8-18(24)9-7-15)26-23(25-14)27-11-10-16-4-2-3-5-20(16)27/h2-9,17H,10-13H2,1H3. The molecule has 0 bridgehead atoms. The number of carbonyl (C=O) groups is 1. The molecule has 1 aliphatic carbocycles. The number of benzene rings is 2. The number of aryl methyl sites for hydroxylation is 1. The Balaban J connectivity index is 1.53. The molecule has 1 aliphatic heterocycles. The Morgan fingerprint density at radius 3 is 2.64 bits per heavy atom. The van der Waals surface area contributed by atoms with Crippen molar-refractivity contribution in [2.24, 2.45) is 0 Å². The molecule has 2 heterocycles. The van der Waals surface area contributed by atoms with E-state index in [0.29, 0.717) is 23.0 Å². The third-order valence-corrected chi connectivity index (χ3v) is 6.03. The molecule has 0 radical (unpaired) electrons. The summed E-state index contributed by atoms with van der Waals surface area (Å²) >= 11 is 6.02. The fourth-order valence-corrected chi connectivity index (χ4v) is 4.52. The van der Waals surface area contributed by atoms with Gasteiger partial charge in [-0.3, -0.25) is 4.79 Å². The molecule has 1 atom stereocenters. The summed E-state index contributed by atoms with van der Waals surface area (Å²) in [5.41, 5.74) is 5.97. The van der Waals surface area contributed by atoms with E-state index in [9.17, 15) is 4.79 Å². The molecule has 4 nitrogen and oxygen atoms in total. The van der Waals surface area contributed by atoms with Gasteiger partial charge in [-0.15, -0.1) is 0 Å². The topological polar surface area (TPSA) is 46.1 Å². The fourth-order valence-electron chi connectivity index (χ4n) is 4.40. The van der Waals surface area contributed by atoms with E-state index in [2.05, 4.69) is 23.1 Å². The number of nitrogens with zero attached hydrogens (tertiary/aromatic N) is 3. The third-order valence-electron chi connectivity index (χ3n) is 5.77. The predicted molar refractivity (Wildman–Crippen MR) is 111 cm³/mol. The first kappa shape index (κ1) is 17.4. The zero-order chi connectivity index (χ0) is 19.3. The number of fused-ring (bicyclic) bond motifs is 2. The average Bonchev–Trinajstić information content (AvgIpc) is 3.12. The summed E-state index contributed by atoms with van der Waals surface area (Å²) in [6.45, 7) is 2.79. The van der Waals surface area contributed by atoms with Crippen LogP contribution < -0.4 is 4.90 Å². The molecule has 0 spiro atoms. The first-order valence-corrected chi connectivity index (χ1v) is 9.99. The summed E-state index contributed by atoms with van der Waals surface area (Å²) in [6.07, 6.45) is 2.22. The van der Waals surface area contributed by atoms with Gasteiger partial charge in [0, 0.05) is 23.7 Å². The van der Waals surface area contributed by atoms with Gasteiger partial charge in [0.05, 0.1) is 17.0 Å². The average molecular weight is 390 g/mol. The van der Waals surface area contributed by atoms with E-state index in [1.54, 1.807) is 0 Å². The minimum Gasteiger partial charge on any atom is -0.310 e. The van der Waals surface area contributed by atoms with Gasteiger partial charge in [0.25, 0.3) is 0 Å². The molecule has 2 aromatic carbocycles. The minimum atomic E-state index is 0.130. The van der Waals surface area contributed by atoms with E-state index < -0.39 is 0 Å². The molecule has 1 aromatic heterocycles. The number of hydrogen-bond donors (Lipinski definition) is 0. The highest BCUT2D eigenvalue weighted by Gasteiger charge is 2.31. The van der Waals surface area contributed by atoms with Crippen molar-refractivity contribution in [2.75, 3.05) is 11.4 Å². The highest BCUT2D eigenvalue weighted by atomic mass is 35.5. The highest BCUT2D eigenvalue weighted by Crippen LogP contribution is 2.37. The van der Waals surface area contributed by atoms with E-state index in [-0.39, 0.29) is 11.7 Å². The normalized spacial score (nSPS) is 18.1. The molecule has 28 heavy (non-hydrogen) atoms. The molecule has 0 saturated heterocycles. The van der Waals surface area contributed by atoms with Gasteiger partial charge in [0.2, 0.25) is 5.95 Å². The summed E-state index contributed by atoms with van der Waals surface area (Å²) in [6, 6.07) is 16.2. The maximum Gasteiger partial charge on any atom is 0.230 e. The van der Waals surface area contributed by atoms with Crippen LogP contribution in [0.4, 0.5) is 11.6 Å². The van der Waals surface area contributed by atoms with Crippen LogP contribution >= 0.6 is 11.6 Å². The molecular formula is C23H20ClN3O. The number of aromatic nitrogens is 2. The molecule has 0 amide bonds. The largest absolute Gasteiger partial charge is 0.310 e. The van der Waals surface area contributed by atoms with E-state index >= 15 is 0 Å².